The number of hydrogen-bond acceptors (Lipinski definition) is 10. The predicted molar refractivity (Wildman–Crippen MR) is 157 cm³/mol. The predicted octanol–water partition coefficient (Wildman–Crippen LogP) is 2.64. The number of ether oxygens (including phenoxy) is 2. The number of aryl methyl sites for hydroxylation is 2. The van der Waals surface area contributed by atoms with Crippen LogP contribution in [0.2, 0.25) is 0 Å². The quantitative estimate of drug-likeness (QED) is 0.337. The Balaban J connectivity index is 1.68. The minimum Gasteiger partial charge on any atom is -0.497 e. The van der Waals surface area contributed by atoms with Crippen molar-refractivity contribution in [2.45, 2.75) is 49.6 Å². The second-order valence-corrected chi connectivity index (χ2v) is 14.2. The van der Waals surface area contributed by atoms with Crippen LogP contribution in [0.4, 0.5) is 5.69 Å². The van der Waals surface area contributed by atoms with Gasteiger partial charge < -0.3 is 24.0 Å². The lowest BCUT2D eigenvalue weighted by atomic mass is 9.99. The van der Waals surface area contributed by atoms with Crippen LogP contribution in [-0.4, -0.2) is 88.2 Å². The molecular formula is C28H36N4O9S2. The zero-order valence-corrected chi connectivity index (χ0v) is 26.4. The Kier molecular flexibility index (Phi) is 9.39. The lowest BCUT2D eigenvalue weighted by Gasteiger charge is -2.38. The molecule has 0 unspecified atom stereocenters. The van der Waals surface area contributed by atoms with E-state index in [1.165, 1.54) is 67.5 Å². The second kappa shape index (κ2) is 12.5. The highest BCUT2D eigenvalue weighted by molar-refractivity contribution is 7.92. The zero-order chi connectivity index (χ0) is 31.7. The van der Waals surface area contributed by atoms with E-state index in [1.54, 1.807) is 19.1 Å². The first-order valence-corrected chi connectivity index (χ1v) is 16.4. The first kappa shape index (κ1) is 32.3. The molecule has 1 aliphatic rings. The van der Waals surface area contributed by atoms with Crippen LogP contribution in [0.25, 0.3) is 0 Å². The van der Waals surface area contributed by atoms with E-state index in [0.717, 1.165) is 0 Å². The van der Waals surface area contributed by atoms with E-state index in [9.17, 15) is 26.7 Å². The van der Waals surface area contributed by atoms with Gasteiger partial charge in [0.2, 0.25) is 10.0 Å². The van der Waals surface area contributed by atoms with Crippen LogP contribution in [0, 0.1) is 19.8 Å². The van der Waals surface area contributed by atoms with Gasteiger partial charge >= 0.3 is 0 Å². The Morgan fingerprint density at radius 2 is 1.84 bits per heavy atom. The molecule has 234 valence electrons. The number of aliphatic hydroxyl groups excluding tert-OH is 1. The van der Waals surface area contributed by atoms with E-state index < -0.39 is 38.1 Å². The number of nitrogens with one attached hydrogen (secondary N) is 1. The number of fused-ring (bicyclic) bond motifs is 1. The van der Waals surface area contributed by atoms with Gasteiger partial charge in [-0.05, 0) is 63.2 Å². The molecule has 0 radical (unpaired) electrons. The highest BCUT2D eigenvalue weighted by Gasteiger charge is 2.36. The Hall–Kier alpha value is -3.66. The molecule has 1 aliphatic heterocycles. The molecule has 3 aromatic rings. The number of rotatable bonds is 10. The summed E-state index contributed by atoms with van der Waals surface area (Å²) in [5, 5.41) is 13.6. The fourth-order valence-electron chi connectivity index (χ4n) is 4.85. The number of aromatic nitrogens is 1. The molecule has 0 saturated heterocycles. The number of aliphatic hydroxyl groups is 1. The van der Waals surface area contributed by atoms with Gasteiger partial charge in [0.05, 0.1) is 36.8 Å². The van der Waals surface area contributed by atoms with Gasteiger partial charge in [0.15, 0.2) is 10.7 Å². The van der Waals surface area contributed by atoms with E-state index in [1.807, 2.05) is 6.92 Å². The molecule has 4 rings (SSSR count). The Labute approximate surface area is 251 Å². The molecule has 0 spiro atoms. The van der Waals surface area contributed by atoms with Gasteiger partial charge in [-0.15, -0.1) is 0 Å². The molecular weight excluding hydrogens is 600 g/mol. The van der Waals surface area contributed by atoms with Gasteiger partial charge in [-0.1, -0.05) is 12.1 Å². The van der Waals surface area contributed by atoms with Crippen molar-refractivity contribution in [1.82, 2.24) is 14.4 Å². The van der Waals surface area contributed by atoms with E-state index in [-0.39, 0.29) is 63.9 Å². The van der Waals surface area contributed by atoms with E-state index in [4.69, 9.17) is 14.0 Å². The molecule has 0 bridgehead atoms. The third kappa shape index (κ3) is 6.64. The summed E-state index contributed by atoms with van der Waals surface area (Å²) in [5.74, 6) is -0.0422. The van der Waals surface area contributed by atoms with Crippen LogP contribution in [0.5, 0.6) is 11.5 Å². The van der Waals surface area contributed by atoms with Crippen LogP contribution in [0.1, 0.15) is 35.7 Å². The van der Waals surface area contributed by atoms with Crippen LogP contribution < -0.4 is 14.2 Å². The standard InChI is InChI=1S/C28H36N4O9S2/c1-17-14-32(18(2)16-33)28(34)24-13-21(30-42(35,36)27-19(3)29-41-20(27)4)7-12-25(24)40-26(17)15-31(5)43(37,38)23-10-8-22(39-6)9-11-23/h7-13,17-18,26,30,33H,14-16H2,1-6H3/t17-,18-,26+/m1/s1. The molecule has 43 heavy (non-hydrogen) atoms. The summed E-state index contributed by atoms with van der Waals surface area (Å²) in [6, 6.07) is 9.71. The van der Waals surface area contributed by atoms with Crippen molar-refractivity contribution in [2.75, 3.05) is 38.6 Å². The highest BCUT2D eigenvalue weighted by Crippen LogP contribution is 2.32. The summed E-state index contributed by atoms with van der Waals surface area (Å²) in [5.41, 5.74) is 0.331. The third-order valence-corrected chi connectivity index (χ3v) is 10.8. The third-order valence-electron chi connectivity index (χ3n) is 7.36. The van der Waals surface area contributed by atoms with Gasteiger partial charge in [-0.25, -0.2) is 16.8 Å². The maximum Gasteiger partial charge on any atom is 0.267 e. The normalized spacial score (nSPS) is 18.4. The average molecular weight is 637 g/mol. The number of carbonyl (C=O) groups is 1. The number of methoxy groups -OCH3 is 1. The zero-order valence-electron chi connectivity index (χ0n) is 24.8. The summed E-state index contributed by atoms with van der Waals surface area (Å²) >= 11 is 0. The van der Waals surface area contributed by atoms with Crippen molar-refractivity contribution in [1.29, 1.82) is 0 Å². The van der Waals surface area contributed by atoms with Gasteiger partial charge in [0.25, 0.3) is 15.9 Å². The second-order valence-electron chi connectivity index (χ2n) is 10.6. The van der Waals surface area contributed by atoms with Gasteiger partial charge in [-0.3, -0.25) is 9.52 Å². The van der Waals surface area contributed by atoms with Gasteiger partial charge in [0, 0.05) is 25.2 Å². The lowest BCUT2D eigenvalue weighted by Crippen LogP contribution is -2.50. The molecule has 15 heteroatoms. The summed E-state index contributed by atoms with van der Waals surface area (Å²) in [6.45, 7) is 6.29. The number of anilines is 1. The number of benzene rings is 2. The Bertz CT molecular complexity index is 1670. The largest absolute Gasteiger partial charge is 0.497 e. The Morgan fingerprint density at radius 1 is 1.16 bits per heavy atom. The maximum absolute atomic E-state index is 13.7. The van der Waals surface area contributed by atoms with Crippen LogP contribution in [0.15, 0.2) is 56.8 Å². The lowest BCUT2D eigenvalue weighted by molar-refractivity contribution is 0.0387. The molecule has 0 aliphatic carbocycles. The van der Waals surface area contributed by atoms with Crippen LogP contribution in [-0.2, 0) is 20.0 Å². The summed E-state index contributed by atoms with van der Waals surface area (Å²) in [6.07, 6.45) is -0.705. The van der Waals surface area contributed by atoms with Crippen molar-refractivity contribution < 1.29 is 40.7 Å². The van der Waals surface area contributed by atoms with Gasteiger partial charge in [-0.2, -0.15) is 4.31 Å². The number of sulfonamides is 2. The first-order valence-electron chi connectivity index (χ1n) is 13.5. The topological polar surface area (TPSA) is 169 Å². The summed E-state index contributed by atoms with van der Waals surface area (Å²) in [7, 11) is -5.07. The van der Waals surface area contributed by atoms with Crippen molar-refractivity contribution in [3.05, 3.63) is 59.5 Å². The van der Waals surface area contributed by atoms with Gasteiger partial charge in [0.1, 0.15) is 23.3 Å². The average Bonchev–Trinajstić information content (AvgIpc) is 3.32. The minimum absolute atomic E-state index is 0.0507. The van der Waals surface area contributed by atoms with Crippen molar-refractivity contribution in [3.63, 3.8) is 0 Å². The number of nitrogens with zero attached hydrogens (tertiary/aromatic N) is 3. The van der Waals surface area contributed by atoms with Crippen molar-refractivity contribution >= 4 is 31.6 Å². The summed E-state index contributed by atoms with van der Waals surface area (Å²) < 4.78 is 73.0. The van der Waals surface area contributed by atoms with E-state index in [2.05, 4.69) is 9.88 Å². The van der Waals surface area contributed by atoms with Crippen LogP contribution in [0.3, 0.4) is 0 Å². The molecule has 13 nitrogen and oxygen atoms in total. The van der Waals surface area contributed by atoms with Crippen molar-refractivity contribution in [2.24, 2.45) is 5.92 Å². The van der Waals surface area contributed by atoms with E-state index >= 15 is 0 Å². The van der Waals surface area contributed by atoms with Crippen LogP contribution >= 0.6 is 0 Å². The number of amides is 1. The number of carbonyl (C=O) groups excluding carboxylic acids is 1. The molecule has 2 N–H and O–H groups in total. The molecule has 1 aromatic heterocycles. The minimum atomic E-state index is -4.10. The monoisotopic (exact) mass is 636 g/mol. The maximum atomic E-state index is 13.7. The highest BCUT2D eigenvalue weighted by atomic mass is 32.2. The van der Waals surface area contributed by atoms with E-state index in [0.29, 0.717) is 5.75 Å². The fourth-order valence-corrected chi connectivity index (χ4v) is 7.41. The smallest absolute Gasteiger partial charge is 0.267 e. The molecule has 3 atom stereocenters. The summed E-state index contributed by atoms with van der Waals surface area (Å²) in [4.78, 5) is 15.2. The first-order chi connectivity index (χ1) is 20.2. The molecule has 1 amide bonds. The van der Waals surface area contributed by atoms with Crippen molar-refractivity contribution in [3.8, 4) is 11.5 Å². The molecule has 0 fully saturated rings. The number of hydrogen-bond donors (Lipinski definition) is 2. The molecule has 0 saturated carbocycles. The number of likely N-dealkylation sites (N-methyl/N-ethyl adjacent to an activating group) is 1. The molecule has 2 heterocycles. The fraction of sp³-hybridized carbons (Fsp3) is 0.429. The molecule has 2 aromatic carbocycles. The Morgan fingerprint density at radius 3 is 2.42 bits per heavy atom. The SMILES string of the molecule is COc1ccc(S(=O)(=O)N(C)C[C@@H]2Oc3ccc(NS(=O)(=O)c4c(C)noc4C)cc3C(=O)N([C@H](C)CO)C[C@H]2C)cc1.